The van der Waals surface area contributed by atoms with E-state index in [4.69, 9.17) is 5.73 Å². The van der Waals surface area contributed by atoms with Gasteiger partial charge >= 0.3 is 0 Å². The van der Waals surface area contributed by atoms with Crippen LogP contribution in [-0.2, 0) is 6.54 Å². The van der Waals surface area contributed by atoms with Crippen molar-refractivity contribution in [2.45, 2.75) is 19.5 Å². The molecule has 0 amide bonds. The fourth-order valence-electron chi connectivity index (χ4n) is 2.48. The Morgan fingerprint density at radius 3 is 2.55 bits per heavy atom. The summed E-state index contributed by atoms with van der Waals surface area (Å²) >= 11 is 0. The second kappa shape index (κ2) is 7.17. The molecule has 0 spiro atoms. The quantitative estimate of drug-likeness (QED) is 0.877. The topological polar surface area (TPSA) is 42.2 Å². The molecule has 1 heterocycles. The zero-order chi connectivity index (χ0) is 14.4. The van der Waals surface area contributed by atoms with Gasteiger partial charge in [0.25, 0.3) is 0 Å². The highest BCUT2D eigenvalue weighted by atomic mass is 15.1. The minimum absolute atomic E-state index is 0.0764. The molecule has 0 radical (unpaired) electrons. The molecule has 2 N–H and O–H groups in total. The maximum absolute atomic E-state index is 6.34. The Labute approximate surface area is 121 Å². The zero-order valence-corrected chi connectivity index (χ0v) is 12.2. The molecule has 0 fully saturated rings. The Morgan fingerprint density at radius 1 is 1.15 bits per heavy atom. The molecule has 2 atom stereocenters. The van der Waals surface area contributed by atoms with Gasteiger partial charge in [-0.3, -0.25) is 4.98 Å². The Bertz CT molecular complexity index is 498. The van der Waals surface area contributed by atoms with Gasteiger partial charge in [0.15, 0.2) is 0 Å². The molecule has 106 valence electrons. The molecule has 2 aromatic rings. The van der Waals surface area contributed by atoms with Crippen LogP contribution in [-0.4, -0.2) is 23.5 Å². The molecule has 2 unspecified atom stereocenters. The van der Waals surface area contributed by atoms with Crippen LogP contribution < -0.4 is 5.73 Å². The summed E-state index contributed by atoms with van der Waals surface area (Å²) in [5.74, 6) is 0.402. The molecule has 0 aliphatic rings. The number of pyridine rings is 1. The first-order chi connectivity index (χ1) is 9.66. The van der Waals surface area contributed by atoms with Crippen LogP contribution in [0.2, 0.25) is 0 Å². The van der Waals surface area contributed by atoms with Crippen molar-refractivity contribution >= 4 is 0 Å². The molecule has 3 nitrogen and oxygen atoms in total. The van der Waals surface area contributed by atoms with E-state index >= 15 is 0 Å². The van der Waals surface area contributed by atoms with Gasteiger partial charge in [-0.15, -0.1) is 0 Å². The van der Waals surface area contributed by atoms with Gasteiger partial charge in [-0.25, -0.2) is 0 Å². The summed E-state index contributed by atoms with van der Waals surface area (Å²) in [6, 6.07) is 14.5. The highest BCUT2D eigenvalue weighted by Gasteiger charge is 2.16. The summed E-state index contributed by atoms with van der Waals surface area (Å²) in [7, 11) is 2.13. The van der Waals surface area contributed by atoms with Crippen molar-refractivity contribution < 1.29 is 0 Å². The van der Waals surface area contributed by atoms with Crippen molar-refractivity contribution in [1.82, 2.24) is 9.88 Å². The highest BCUT2D eigenvalue weighted by Crippen LogP contribution is 2.20. The van der Waals surface area contributed by atoms with E-state index in [1.807, 2.05) is 30.5 Å². The third kappa shape index (κ3) is 4.15. The number of hydrogen-bond acceptors (Lipinski definition) is 3. The van der Waals surface area contributed by atoms with Crippen LogP contribution in [0.25, 0.3) is 0 Å². The van der Waals surface area contributed by atoms with Gasteiger partial charge in [0.05, 0.1) is 0 Å². The van der Waals surface area contributed by atoms with Crippen molar-refractivity contribution in [2.75, 3.05) is 13.6 Å². The Kier molecular flexibility index (Phi) is 5.27. The van der Waals surface area contributed by atoms with Crippen LogP contribution in [0.1, 0.15) is 24.1 Å². The first kappa shape index (κ1) is 14.7. The molecule has 0 saturated carbocycles. The normalized spacial score (nSPS) is 14.2. The number of hydrogen-bond donors (Lipinski definition) is 1. The lowest BCUT2D eigenvalue weighted by Gasteiger charge is -2.26. The summed E-state index contributed by atoms with van der Waals surface area (Å²) < 4.78 is 0. The van der Waals surface area contributed by atoms with E-state index in [0.29, 0.717) is 5.92 Å². The highest BCUT2D eigenvalue weighted by molar-refractivity contribution is 5.19. The second-order valence-electron chi connectivity index (χ2n) is 5.47. The summed E-state index contributed by atoms with van der Waals surface area (Å²) in [5, 5.41) is 0. The molecule has 0 bridgehead atoms. The average molecular weight is 269 g/mol. The SMILES string of the molecule is CC(CN(C)Cc1cccnc1)C(N)c1ccccc1. The van der Waals surface area contributed by atoms with Crippen molar-refractivity contribution in [3.05, 3.63) is 66.0 Å². The number of nitrogens with two attached hydrogens (primary N) is 1. The van der Waals surface area contributed by atoms with Crippen LogP contribution in [0.4, 0.5) is 0 Å². The second-order valence-corrected chi connectivity index (χ2v) is 5.47. The lowest BCUT2D eigenvalue weighted by molar-refractivity contribution is 0.257. The van der Waals surface area contributed by atoms with Gasteiger partial charge < -0.3 is 10.6 Å². The summed E-state index contributed by atoms with van der Waals surface area (Å²) in [6.07, 6.45) is 3.72. The lowest BCUT2D eigenvalue weighted by Crippen LogP contribution is -2.30. The third-order valence-electron chi connectivity index (χ3n) is 3.57. The van der Waals surface area contributed by atoms with Gasteiger partial charge in [0.2, 0.25) is 0 Å². The van der Waals surface area contributed by atoms with Gasteiger partial charge in [-0.2, -0.15) is 0 Å². The van der Waals surface area contributed by atoms with E-state index < -0.39 is 0 Å². The van der Waals surface area contributed by atoms with Crippen LogP contribution in [0.5, 0.6) is 0 Å². The van der Waals surface area contributed by atoms with E-state index in [0.717, 1.165) is 13.1 Å². The van der Waals surface area contributed by atoms with E-state index in [9.17, 15) is 0 Å². The van der Waals surface area contributed by atoms with E-state index in [1.54, 1.807) is 6.20 Å². The molecule has 3 heteroatoms. The molecule has 2 rings (SSSR count). The molecular formula is C17H23N3. The van der Waals surface area contributed by atoms with E-state index in [2.05, 4.69) is 42.1 Å². The number of benzene rings is 1. The molecule has 1 aromatic carbocycles. The van der Waals surface area contributed by atoms with Crippen molar-refractivity contribution in [2.24, 2.45) is 11.7 Å². The molecular weight excluding hydrogens is 246 g/mol. The minimum atomic E-state index is 0.0764. The largest absolute Gasteiger partial charge is 0.324 e. The van der Waals surface area contributed by atoms with Crippen LogP contribution in [0, 0.1) is 5.92 Å². The fraction of sp³-hybridized carbons (Fsp3) is 0.353. The molecule has 0 aliphatic heterocycles. The minimum Gasteiger partial charge on any atom is -0.324 e. The van der Waals surface area contributed by atoms with Gasteiger partial charge in [0, 0.05) is 31.5 Å². The molecule has 1 aromatic heterocycles. The van der Waals surface area contributed by atoms with Crippen molar-refractivity contribution in [3.63, 3.8) is 0 Å². The molecule has 0 saturated heterocycles. The van der Waals surface area contributed by atoms with Crippen molar-refractivity contribution in [3.8, 4) is 0 Å². The van der Waals surface area contributed by atoms with Gasteiger partial charge in [-0.1, -0.05) is 43.3 Å². The summed E-state index contributed by atoms with van der Waals surface area (Å²) in [5.41, 5.74) is 8.78. The predicted octanol–water partition coefficient (Wildman–Crippen LogP) is 2.85. The van der Waals surface area contributed by atoms with E-state index in [1.165, 1.54) is 11.1 Å². The molecule has 0 aliphatic carbocycles. The predicted molar refractivity (Wildman–Crippen MR) is 83.1 cm³/mol. The van der Waals surface area contributed by atoms with Crippen molar-refractivity contribution in [1.29, 1.82) is 0 Å². The van der Waals surface area contributed by atoms with Gasteiger partial charge in [-0.05, 0) is 30.2 Å². The monoisotopic (exact) mass is 269 g/mol. The Morgan fingerprint density at radius 2 is 1.90 bits per heavy atom. The molecule has 20 heavy (non-hydrogen) atoms. The maximum Gasteiger partial charge on any atom is 0.0333 e. The van der Waals surface area contributed by atoms with Crippen LogP contribution >= 0.6 is 0 Å². The third-order valence-corrected chi connectivity index (χ3v) is 3.57. The Balaban J connectivity index is 1.89. The first-order valence-electron chi connectivity index (χ1n) is 7.05. The smallest absolute Gasteiger partial charge is 0.0333 e. The number of rotatable bonds is 6. The van der Waals surface area contributed by atoms with E-state index in [-0.39, 0.29) is 6.04 Å². The van der Waals surface area contributed by atoms with Gasteiger partial charge in [0.1, 0.15) is 0 Å². The standard InChI is InChI=1S/C17H23N3/c1-14(17(18)16-8-4-3-5-9-16)12-20(2)13-15-7-6-10-19-11-15/h3-11,14,17H,12-13,18H2,1-2H3. The summed E-state index contributed by atoms with van der Waals surface area (Å²) in [4.78, 5) is 6.44. The Hall–Kier alpha value is -1.71. The summed E-state index contributed by atoms with van der Waals surface area (Å²) in [6.45, 7) is 4.07. The number of nitrogens with zero attached hydrogens (tertiary/aromatic N) is 2. The number of aromatic nitrogens is 1. The van der Waals surface area contributed by atoms with Crippen LogP contribution in [0.3, 0.4) is 0 Å². The maximum atomic E-state index is 6.34. The average Bonchev–Trinajstić information content (AvgIpc) is 2.48. The zero-order valence-electron chi connectivity index (χ0n) is 12.2. The lowest BCUT2D eigenvalue weighted by atomic mass is 9.95. The first-order valence-corrected chi connectivity index (χ1v) is 7.05. The van der Waals surface area contributed by atoms with Crippen LogP contribution in [0.15, 0.2) is 54.9 Å². The fourth-order valence-corrected chi connectivity index (χ4v) is 2.48.